The van der Waals surface area contributed by atoms with Crippen molar-refractivity contribution < 1.29 is 4.79 Å². The van der Waals surface area contributed by atoms with E-state index in [2.05, 4.69) is 11.5 Å². The zero-order valence-electron chi connectivity index (χ0n) is 13.0. The van der Waals surface area contributed by atoms with Crippen LogP contribution in [-0.4, -0.2) is 10.4 Å². The molecule has 0 aliphatic carbocycles. The van der Waals surface area contributed by atoms with E-state index in [1.165, 1.54) is 0 Å². The molecule has 0 aliphatic rings. The van der Waals surface area contributed by atoms with E-state index in [-0.39, 0.29) is 5.78 Å². The van der Waals surface area contributed by atoms with Crippen LogP contribution < -0.4 is 0 Å². The molecule has 2 nitrogen and oxygen atoms in total. The lowest BCUT2D eigenvalue weighted by atomic mass is 9.98. The topological polar surface area (TPSA) is 22.0 Å². The fraction of sp³-hybridized carbons (Fsp3) is 0.150. The van der Waals surface area contributed by atoms with Gasteiger partial charge in [-0.25, -0.2) is 0 Å². The summed E-state index contributed by atoms with van der Waals surface area (Å²) >= 11 is 5.98. The van der Waals surface area contributed by atoms with Gasteiger partial charge in [-0.1, -0.05) is 61.0 Å². The molecule has 0 radical (unpaired) electrons. The predicted molar refractivity (Wildman–Crippen MR) is 95.0 cm³/mol. The molecule has 3 aromatic rings. The summed E-state index contributed by atoms with van der Waals surface area (Å²) < 4.78 is 2.08. The number of hydrogen-bond acceptors (Lipinski definition) is 1. The highest BCUT2D eigenvalue weighted by molar-refractivity contribution is 6.30. The van der Waals surface area contributed by atoms with Crippen molar-refractivity contribution in [3.8, 4) is 11.1 Å². The molecule has 0 saturated carbocycles. The highest BCUT2D eigenvalue weighted by Gasteiger charge is 2.17. The van der Waals surface area contributed by atoms with Crippen molar-refractivity contribution in [3.63, 3.8) is 0 Å². The van der Waals surface area contributed by atoms with Gasteiger partial charge in [-0.05, 0) is 24.1 Å². The monoisotopic (exact) mass is 323 g/mol. The minimum absolute atomic E-state index is 0.0467. The Hall–Kier alpha value is -2.32. The first-order valence-corrected chi connectivity index (χ1v) is 8.12. The molecule has 1 heterocycles. The van der Waals surface area contributed by atoms with Gasteiger partial charge in [-0.3, -0.25) is 4.79 Å². The van der Waals surface area contributed by atoms with Gasteiger partial charge in [-0.15, -0.1) is 0 Å². The number of aryl methyl sites for hydroxylation is 1. The molecular formula is C20H18ClNO. The van der Waals surface area contributed by atoms with Crippen molar-refractivity contribution in [1.29, 1.82) is 0 Å². The highest BCUT2D eigenvalue weighted by atomic mass is 35.5. The smallest absolute Gasteiger partial charge is 0.195 e. The number of carbonyl (C=O) groups is 1. The third kappa shape index (κ3) is 3.38. The molecule has 1 aromatic heterocycles. The highest BCUT2D eigenvalue weighted by Crippen LogP contribution is 2.28. The first-order valence-electron chi connectivity index (χ1n) is 7.74. The molecule has 0 unspecified atom stereocenters. The molecule has 0 atom stereocenters. The largest absolute Gasteiger partial charge is 0.353 e. The van der Waals surface area contributed by atoms with Gasteiger partial charge in [-0.2, -0.15) is 0 Å². The zero-order valence-corrected chi connectivity index (χ0v) is 13.8. The Morgan fingerprint density at radius 1 is 1.00 bits per heavy atom. The summed E-state index contributed by atoms with van der Waals surface area (Å²) in [6, 6.07) is 17.0. The van der Waals surface area contributed by atoms with E-state index in [1.807, 2.05) is 67.0 Å². The Bertz CT molecular complexity index is 803. The van der Waals surface area contributed by atoms with E-state index >= 15 is 0 Å². The minimum atomic E-state index is 0.0467. The number of carbonyl (C=O) groups excluding carboxylic acids is 1. The molecule has 23 heavy (non-hydrogen) atoms. The average molecular weight is 324 g/mol. The fourth-order valence-corrected chi connectivity index (χ4v) is 2.81. The van der Waals surface area contributed by atoms with Gasteiger partial charge < -0.3 is 4.57 Å². The molecule has 0 N–H and O–H groups in total. The van der Waals surface area contributed by atoms with Gasteiger partial charge in [0.2, 0.25) is 0 Å². The van der Waals surface area contributed by atoms with E-state index in [9.17, 15) is 4.79 Å². The minimum Gasteiger partial charge on any atom is -0.353 e. The summed E-state index contributed by atoms with van der Waals surface area (Å²) in [6.45, 7) is 3.02. The number of nitrogens with zero attached hydrogens (tertiary/aromatic N) is 1. The number of aromatic nitrogens is 1. The Labute approximate surface area is 141 Å². The summed E-state index contributed by atoms with van der Waals surface area (Å²) in [6.07, 6.45) is 5.01. The third-order valence-electron chi connectivity index (χ3n) is 3.80. The third-order valence-corrected chi connectivity index (χ3v) is 4.05. The van der Waals surface area contributed by atoms with Crippen LogP contribution in [0, 0.1) is 0 Å². The van der Waals surface area contributed by atoms with E-state index in [1.54, 1.807) is 0 Å². The molecule has 0 aliphatic heterocycles. The van der Waals surface area contributed by atoms with Crippen LogP contribution in [0.3, 0.4) is 0 Å². The Morgan fingerprint density at radius 2 is 1.70 bits per heavy atom. The normalized spacial score (nSPS) is 10.7. The SMILES string of the molecule is CCCn1cc(C(=O)c2ccccc2)c(-c2ccc(Cl)cc2)c1. The van der Waals surface area contributed by atoms with E-state index in [0.29, 0.717) is 10.6 Å². The standard InChI is InChI=1S/C20H18ClNO/c1-2-12-22-13-18(15-8-10-17(21)11-9-15)19(14-22)20(23)16-6-4-3-5-7-16/h3-11,13-14H,2,12H2,1H3. The lowest BCUT2D eigenvalue weighted by Gasteiger charge is -2.04. The lowest BCUT2D eigenvalue weighted by Crippen LogP contribution is -2.01. The van der Waals surface area contributed by atoms with E-state index in [0.717, 1.165) is 29.7 Å². The van der Waals surface area contributed by atoms with Crippen molar-refractivity contribution in [2.24, 2.45) is 0 Å². The number of halogens is 1. The lowest BCUT2D eigenvalue weighted by molar-refractivity contribution is 0.103. The van der Waals surface area contributed by atoms with Crippen LogP contribution in [0.5, 0.6) is 0 Å². The molecule has 0 spiro atoms. The number of hydrogen-bond donors (Lipinski definition) is 0. The quantitative estimate of drug-likeness (QED) is 0.572. The van der Waals surface area contributed by atoms with Crippen LogP contribution >= 0.6 is 11.6 Å². The molecule has 0 fully saturated rings. The number of benzene rings is 2. The second-order valence-corrected chi connectivity index (χ2v) is 5.96. The second kappa shape index (κ2) is 6.84. The van der Waals surface area contributed by atoms with Crippen molar-refractivity contribution in [1.82, 2.24) is 4.57 Å². The molecule has 116 valence electrons. The summed E-state index contributed by atoms with van der Waals surface area (Å²) in [5, 5.41) is 0.692. The Balaban J connectivity index is 2.08. The van der Waals surface area contributed by atoms with Gasteiger partial charge in [0.05, 0.1) is 0 Å². The number of rotatable bonds is 5. The van der Waals surface area contributed by atoms with Crippen LogP contribution in [0.1, 0.15) is 29.3 Å². The maximum Gasteiger partial charge on any atom is 0.195 e. The van der Waals surface area contributed by atoms with Gasteiger partial charge in [0.1, 0.15) is 0 Å². The van der Waals surface area contributed by atoms with Gasteiger partial charge in [0, 0.05) is 40.7 Å². The van der Waals surface area contributed by atoms with Crippen LogP contribution in [0.15, 0.2) is 67.0 Å². The molecule has 0 amide bonds. The molecule has 3 heteroatoms. The molecular weight excluding hydrogens is 306 g/mol. The van der Waals surface area contributed by atoms with Crippen LogP contribution in [0.4, 0.5) is 0 Å². The van der Waals surface area contributed by atoms with Crippen LogP contribution in [0.25, 0.3) is 11.1 Å². The Morgan fingerprint density at radius 3 is 2.35 bits per heavy atom. The molecule has 0 bridgehead atoms. The maximum atomic E-state index is 12.9. The van der Waals surface area contributed by atoms with Crippen LogP contribution in [0.2, 0.25) is 5.02 Å². The van der Waals surface area contributed by atoms with Crippen molar-refractivity contribution in [3.05, 3.63) is 83.1 Å². The Kier molecular flexibility index (Phi) is 4.63. The summed E-state index contributed by atoms with van der Waals surface area (Å²) in [7, 11) is 0. The number of ketones is 1. The molecule has 0 saturated heterocycles. The van der Waals surface area contributed by atoms with Crippen molar-refractivity contribution in [2.45, 2.75) is 19.9 Å². The molecule has 2 aromatic carbocycles. The second-order valence-electron chi connectivity index (χ2n) is 5.53. The van der Waals surface area contributed by atoms with Crippen molar-refractivity contribution >= 4 is 17.4 Å². The fourth-order valence-electron chi connectivity index (χ4n) is 2.68. The first kappa shape index (κ1) is 15.6. The van der Waals surface area contributed by atoms with Gasteiger partial charge in [0.25, 0.3) is 0 Å². The van der Waals surface area contributed by atoms with Crippen LogP contribution in [-0.2, 0) is 6.54 Å². The average Bonchev–Trinajstić information content (AvgIpc) is 3.00. The predicted octanol–water partition coefficient (Wildman–Crippen LogP) is 5.45. The van der Waals surface area contributed by atoms with Crippen molar-refractivity contribution in [2.75, 3.05) is 0 Å². The molecule has 3 rings (SSSR count). The van der Waals surface area contributed by atoms with E-state index in [4.69, 9.17) is 11.6 Å². The summed E-state index contributed by atoms with van der Waals surface area (Å²) in [5.41, 5.74) is 3.39. The first-order chi connectivity index (χ1) is 11.2. The van der Waals surface area contributed by atoms with E-state index < -0.39 is 0 Å². The zero-order chi connectivity index (χ0) is 16.2. The summed E-state index contributed by atoms with van der Waals surface area (Å²) in [5.74, 6) is 0.0467. The maximum absolute atomic E-state index is 12.9. The van der Waals surface area contributed by atoms with Gasteiger partial charge >= 0.3 is 0 Å². The summed E-state index contributed by atoms with van der Waals surface area (Å²) in [4.78, 5) is 12.9. The van der Waals surface area contributed by atoms with Gasteiger partial charge in [0.15, 0.2) is 5.78 Å².